The standard InChI is InChI=1S/C13H20ClNOS/c1-16-9-4-7-15-8-10-17-11-12-5-2-3-6-13(12)14/h2-3,5-6,15H,4,7-11H2,1H3. The van der Waals surface area contributed by atoms with E-state index in [0.717, 1.165) is 42.6 Å². The molecule has 0 bridgehead atoms. The largest absolute Gasteiger partial charge is 0.385 e. The lowest BCUT2D eigenvalue weighted by Gasteiger charge is -2.05. The Balaban J connectivity index is 1.99. The van der Waals surface area contributed by atoms with Crippen LogP contribution >= 0.6 is 23.4 Å². The smallest absolute Gasteiger partial charge is 0.0474 e. The Kier molecular flexibility index (Phi) is 8.53. The van der Waals surface area contributed by atoms with Crippen LogP contribution in [-0.2, 0) is 10.5 Å². The summed E-state index contributed by atoms with van der Waals surface area (Å²) in [7, 11) is 1.74. The van der Waals surface area contributed by atoms with Crippen LogP contribution in [0.2, 0.25) is 5.02 Å². The summed E-state index contributed by atoms with van der Waals surface area (Å²) in [5.74, 6) is 2.09. The van der Waals surface area contributed by atoms with Crippen LogP contribution in [-0.4, -0.2) is 32.6 Å². The lowest BCUT2D eigenvalue weighted by Crippen LogP contribution is -2.19. The first-order valence-corrected chi connectivity index (χ1v) is 7.38. The molecule has 0 unspecified atom stereocenters. The highest BCUT2D eigenvalue weighted by Crippen LogP contribution is 2.20. The van der Waals surface area contributed by atoms with Gasteiger partial charge in [0, 0.05) is 36.8 Å². The van der Waals surface area contributed by atoms with Crippen molar-refractivity contribution in [3.05, 3.63) is 34.9 Å². The van der Waals surface area contributed by atoms with Crippen molar-refractivity contribution in [2.45, 2.75) is 12.2 Å². The zero-order valence-corrected chi connectivity index (χ0v) is 11.8. The van der Waals surface area contributed by atoms with Crippen molar-refractivity contribution in [3.63, 3.8) is 0 Å². The fourth-order valence-electron chi connectivity index (χ4n) is 1.41. The van der Waals surface area contributed by atoms with E-state index in [4.69, 9.17) is 16.3 Å². The number of methoxy groups -OCH3 is 1. The van der Waals surface area contributed by atoms with Gasteiger partial charge in [0.2, 0.25) is 0 Å². The molecule has 0 saturated heterocycles. The summed E-state index contributed by atoms with van der Waals surface area (Å²) in [6, 6.07) is 8.03. The molecule has 1 aromatic carbocycles. The molecule has 0 atom stereocenters. The van der Waals surface area contributed by atoms with Gasteiger partial charge in [-0.05, 0) is 24.6 Å². The molecule has 17 heavy (non-hydrogen) atoms. The van der Waals surface area contributed by atoms with Crippen LogP contribution in [0.15, 0.2) is 24.3 Å². The predicted octanol–water partition coefficient (Wildman–Crippen LogP) is 3.20. The number of halogens is 1. The third-order valence-corrected chi connectivity index (χ3v) is 3.72. The average molecular weight is 274 g/mol. The highest BCUT2D eigenvalue weighted by atomic mass is 35.5. The number of thioether (sulfide) groups is 1. The minimum absolute atomic E-state index is 0.833. The number of ether oxygens (including phenoxy) is 1. The number of hydrogen-bond acceptors (Lipinski definition) is 3. The fraction of sp³-hybridized carbons (Fsp3) is 0.538. The quantitative estimate of drug-likeness (QED) is 0.698. The molecule has 1 aromatic rings. The average Bonchev–Trinajstić information content (AvgIpc) is 2.35. The second-order valence-electron chi connectivity index (χ2n) is 3.74. The maximum Gasteiger partial charge on any atom is 0.0474 e. The summed E-state index contributed by atoms with van der Waals surface area (Å²) in [4.78, 5) is 0. The predicted molar refractivity (Wildman–Crippen MR) is 77.0 cm³/mol. The molecule has 0 aliphatic rings. The molecule has 0 heterocycles. The van der Waals surface area contributed by atoms with Gasteiger partial charge in [-0.1, -0.05) is 29.8 Å². The molecule has 1 N–H and O–H groups in total. The highest BCUT2D eigenvalue weighted by Gasteiger charge is 1.98. The van der Waals surface area contributed by atoms with Crippen LogP contribution in [0.25, 0.3) is 0 Å². The second kappa shape index (κ2) is 9.77. The van der Waals surface area contributed by atoms with Crippen LogP contribution in [0.4, 0.5) is 0 Å². The molecule has 96 valence electrons. The molecule has 0 aliphatic heterocycles. The van der Waals surface area contributed by atoms with E-state index in [0.29, 0.717) is 0 Å². The zero-order valence-electron chi connectivity index (χ0n) is 10.2. The summed E-state index contributed by atoms with van der Waals surface area (Å²) in [6.45, 7) is 2.90. The number of benzene rings is 1. The molecular formula is C13H20ClNOS. The van der Waals surface area contributed by atoms with Crippen molar-refractivity contribution in [2.24, 2.45) is 0 Å². The van der Waals surface area contributed by atoms with E-state index in [-0.39, 0.29) is 0 Å². The van der Waals surface area contributed by atoms with Crippen LogP contribution in [0, 0.1) is 0 Å². The molecule has 1 rings (SSSR count). The molecule has 4 heteroatoms. The third-order valence-electron chi connectivity index (χ3n) is 2.34. The molecule has 0 spiro atoms. The lowest BCUT2D eigenvalue weighted by atomic mass is 10.2. The van der Waals surface area contributed by atoms with Crippen molar-refractivity contribution >= 4 is 23.4 Å². The van der Waals surface area contributed by atoms with E-state index in [2.05, 4.69) is 11.4 Å². The number of nitrogens with one attached hydrogen (secondary N) is 1. The van der Waals surface area contributed by atoms with Gasteiger partial charge in [-0.3, -0.25) is 0 Å². The molecule has 0 aromatic heterocycles. The van der Waals surface area contributed by atoms with Gasteiger partial charge >= 0.3 is 0 Å². The Morgan fingerprint density at radius 3 is 2.88 bits per heavy atom. The molecule has 0 fully saturated rings. The van der Waals surface area contributed by atoms with Gasteiger partial charge in [-0.25, -0.2) is 0 Å². The van der Waals surface area contributed by atoms with Gasteiger partial charge in [0.1, 0.15) is 0 Å². The summed E-state index contributed by atoms with van der Waals surface area (Å²) < 4.78 is 4.98. The monoisotopic (exact) mass is 273 g/mol. The Morgan fingerprint density at radius 1 is 1.29 bits per heavy atom. The SMILES string of the molecule is COCCCNCCSCc1ccccc1Cl. The minimum Gasteiger partial charge on any atom is -0.385 e. The van der Waals surface area contributed by atoms with Crippen molar-refractivity contribution < 1.29 is 4.74 Å². The highest BCUT2D eigenvalue weighted by molar-refractivity contribution is 7.98. The van der Waals surface area contributed by atoms with E-state index in [9.17, 15) is 0 Å². The number of rotatable bonds is 9. The van der Waals surface area contributed by atoms with E-state index in [1.54, 1.807) is 7.11 Å². The van der Waals surface area contributed by atoms with Crippen LogP contribution in [0.3, 0.4) is 0 Å². The van der Waals surface area contributed by atoms with Crippen molar-refractivity contribution in [3.8, 4) is 0 Å². The Morgan fingerprint density at radius 2 is 2.12 bits per heavy atom. The third kappa shape index (κ3) is 6.94. The van der Waals surface area contributed by atoms with Crippen molar-refractivity contribution in [1.29, 1.82) is 0 Å². The van der Waals surface area contributed by atoms with Crippen LogP contribution in [0.1, 0.15) is 12.0 Å². The van der Waals surface area contributed by atoms with E-state index < -0.39 is 0 Å². The Bertz CT molecular complexity index is 309. The maximum atomic E-state index is 6.08. The van der Waals surface area contributed by atoms with Gasteiger partial charge in [0.15, 0.2) is 0 Å². The van der Waals surface area contributed by atoms with E-state index in [1.807, 2.05) is 30.0 Å². The first kappa shape index (κ1) is 14.8. The van der Waals surface area contributed by atoms with Gasteiger partial charge in [-0.15, -0.1) is 0 Å². The van der Waals surface area contributed by atoms with E-state index >= 15 is 0 Å². The van der Waals surface area contributed by atoms with Crippen LogP contribution in [0.5, 0.6) is 0 Å². The second-order valence-corrected chi connectivity index (χ2v) is 5.25. The number of hydrogen-bond donors (Lipinski definition) is 1. The molecule has 0 saturated carbocycles. The first-order valence-electron chi connectivity index (χ1n) is 5.85. The summed E-state index contributed by atoms with van der Waals surface area (Å²) in [6.07, 6.45) is 1.08. The zero-order chi connectivity index (χ0) is 12.3. The molecule has 0 amide bonds. The summed E-state index contributed by atoms with van der Waals surface area (Å²) in [5, 5.41) is 4.26. The first-order chi connectivity index (χ1) is 8.34. The van der Waals surface area contributed by atoms with Gasteiger partial charge < -0.3 is 10.1 Å². The normalized spacial score (nSPS) is 10.7. The summed E-state index contributed by atoms with van der Waals surface area (Å²) >= 11 is 7.98. The topological polar surface area (TPSA) is 21.3 Å². The molecule has 0 aliphatic carbocycles. The lowest BCUT2D eigenvalue weighted by molar-refractivity contribution is 0.194. The van der Waals surface area contributed by atoms with Gasteiger partial charge in [0.05, 0.1) is 0 Å². The summed E-state index contributed by atoms with van der Waals surface area (Å²) in [5.41, 5.74) is 1.22. The minimum atomic E-state index is 0.833. The Labute approximate surface area is 113 Å². The van der Waals surface area contributed by atoms with Crippen molar-refractivity contribution in [2.75, 3.05) is 32.6 Å². The molecule has 2 nitrogen and oxygen atoms in total. The molecule has 0 radical (unpaired) electrons. The van der Waals surface area contributed by atoms with Gasteiger partial charge in [-0.2, -0.15) is 11.8 Å². The van der Waals surface area contributed by atoms with E-state index in [1.165, 1.54) is 5.56 Å². The Hall–Kier alpha value is -0.220. The van der Waals surface area contributed by atoms with Gasteiger partial charge in [0.25, 0.3) is 0 Å². The maximum absolute atomic E-state index is 6.08. The fourth-order valence-corrected chi connectivity index (χ4v) is 2.59. The van der Waals surface area contributed by atoms with Crippen LogP contribution < -0.4 is 5.32 Å². The molecular weight excluding hydrogens is 254 g/mol. The van der Waals surface area contributed by atoms with Crippen molar-refractivity contribution in [1.82, 2.24) is 5.32 Å².